The highest BCUT2D eigenvalue weighted by molar-refractivity contribution is 6.08. The molecule has 7 heteroatoms. The largest absolute Gasteiger partial charge is 0.355 e. The average Bonchev–Trinajstić information content (AvgIpc) is 2.80. The molecule has 0 aromatic carbocycles. The average molecular weight is 350 g/mol. The molecule has 1 atom stereocenters. The van der Waals surface area contributed by atoms with Gasteiger partial charge in [0.25, 0.3) is 5.91 Å². The lowest BCUT2D eigenvalue weighted by Gasteiger charge is -2.35. The van der Waals surface area contributed by atoms with Crippen LogP contribution in [0.3, 0.4) is 0 Å². The van der Waals surface area contributed by atoms with Crippen LogP contribution in [0.1, 0.15) is 51.4 Å². The smallest absolute Gasteiger partial charge is 0.327 e. The number of hydrogen-bond donors (Lipinski definition) is 2. The standard InChI is InChI=1S/C18H30N4O3/c1-21-17(25)22(16(24)18(21)8-3-2-4-9-18)13-15(23)20-11-7-14-6-5-10-19-12-14/h14,19H,2-13H2,1H3,(H,20,23). The number of nitrogens with zero attached hydrogens (tertiary/aromatic N) is 2. The zero-order chi connectivity index (χ0) is 17.9. The second kappa shape index (κ2) is 7.72. The summed E-state index contributed by atoms with van der Waals surface area (Å²) >= 11 is 0. The quantitative estimate of drug-likeness (QED) is 0.727. The molecule has 7 nitrogen and oxygen atoms in total. The highest BCUT2D eigenvalue weighted by Crippen LogP contribution is 2.39. The van der Waals surface area contributed by atoms with Crippen LogP contribution in [0.4, 0.5) is 4.79 Å². The van der Waals surface area contributed by atoms with E-state index in [0.29, 0.717) is 25.3 Å². The molecule has 3 fully saturated rings. The molecule has 4 amide bonds. The van der Waals surface area contributed by atoms with Crippen LogP contribution in [0.15, 0.2) is 0 Å². The summed E-state index contributed by atoms with van der Waals surface area (Å²) in [7, 11) is 1.69. The molecule has 0 bridgehead atoms. The number of amides is 4. The van der Waals surface area contributed by atoms with Crippen molar-refractivity contribution in [1.82, 2.24) is 20.4 Å². The first-order valence-corrected chi connectivity index (χ1v) is 9.62. The van der Waals surface area contributed by atoms with Gasteiger partial charge in [0, 0.05) is 13.6 Å². The fraction of sp³-hybridized carbons (Fsp3) is 0.833. The van der Waals surface area contributed by atoms with Gasteiger partial charge in [0.15, 0.2) is 0 Å². The summed E-state index contributed by atoms with van der Waals surface area (Å²) in [6.07, 6.45) is 7.75. The lowest BCUT2D eigenvalue weighted by Crippen LogP contribution is -2.49. The Hall–Kier alpha value is -1.63. The van der Waals surface area contributed by atoms with Crippen molar-refractivity contribution in [2.24, 2.45) is 5.92 Å². The Morgan fingerprint density at radius 2 is 2.00 bits per heavy atom. The molecule has 2 aliphatic heterocycles. The van der Waals surface area contributed by atoms with Crippen LogP contribution in [0, 0.1) is 5.92 Å². The zero-order valence-electron chi connectivity index (χ0n) is 15.2. The summed E-state index contributed by atoms with van der Waals surface area (Å²) in [5.41, 5.74) is -0.705. The minimum Gasteiger partial charge on any atom is -0.355 e. The van der Waals surface area contributed by atoms with Gasteiger partial charge in [0.2, 0.25) is 5.91 Å². The highest BCUT2D eigenvalue weighted by atomic mass is 16.2. The minimum atomic E-state index is -0.705. The Labute approximate surface area is 149 Å². The predicted octanol–water partition coefficient (Wildman–Crippen LogP) is 1.09. The molecule has 1 spiro atoms. The number of carbonyl (C=O) groups is 3. The number of urea groups is 1. The van der Waals surface area contributed by atoms with E-state index in [0.717, 1.165) is 43.7 Å². The van der Waals surface area contributed by atoms with Crippen LogP contribution in [0.2, 0.25) is 0 Å². The van der Waals surface area contributed by atoms with Gasteiger partial charge in [0.05, 0.1) is 0 Å². The van der Waals surface area contributed by atoms with Crippen LogP contribution >= 0.6 is 0 Å². The van der Waals surface area contributed by atoms with Crippen molar-refractivity contribution in [3.05, 3.63) is 0 Å². The maximum Gasteiger partial charge on any atom is 0.327 e. The molecule has 2 saturated heterocycles. The van der Waals surface area contributed by atoms with Gasteiger partial charge < -0.3 is 15.5 Å². The molecule has 0 aromatic heterocycles. The highest BCUT2D eigenvalue weighted by Gasteiger charge is 2.55. The van der Waals surface area contributed by atoms with Crippen molar-refractivity contribution in [2.75, 3.05) is 33.2 Å². The second-order valence-electron chi connectivity index (χ2n) is 7.68. The van der Waals surface area contributed by atoms with E-state index < -0.39 is 5.54 Å². The van der Waals surface area contributed by atoms with Crippen molar-refractivity contribution in [1.29, 1.82) is 0 Å². The zero-order valence-corrected chi connectivity index (χ0v) is 15.2. The molecule has 0 aromatic rings. The van der Waals surface area contributed by atoms with E-state index in [4.69, 9.17) is 0 Å². The molecule has 0 radical (unpaired) electrons. The van der Waals surface area contributed by atoms with Gasteiger partial charge in [0.1, 0.15) is 12.1 Å². The first-order chi connectivity index (χ1) is 12.0. The maximum atomic E-state index is 12.8. The third-order valence-electron chi connectivity index (χ3n) is 6.06. The molecule has 1 unspecified atom stereocenters. The Morgan fingerprint density at radius 1 is 1.24 bits per heavy atom. The van der Waals surface area contributed by atoms with Crippen LogP contribution in [0.5, 0.6) is 0 Å². The molecule has 1 aliphatic carbocycles. The molecule has 2 heterocycles. The molecule has 3 rings (SSSR count). The first-order valence-electron chi connectivity index (χ1n) is 9.62. The van der Waals surface area contributed by atoms with E-state index in [1.165, 1.54) is 12.8 Å². The van der Waals surface area contributed by atoms with Gasteiger partial charge in [-0.05, 0) is 51.1 Å². The second-order valence-corrected chi connectivity index (χ2v) is 7.68. The van der Waals surface area contributed by atoms with Gasteiger partial charge in [-0.1, -0.05) is 19.3 Å². The molecule has 2 N–H and O–H groups in total. The topological polar surface area (TPSA) is 81.8 Å². The van der Waals surface area contributed by atoms with Gasteiger partial charge in [-0.3, -0.25) is 14.5 Å². The van der Waals surface area contributed by atoms with Crippen molar-refractivity contribution in [3.8, 4) is 0 Å². The Bertz CT molecular complexity index is 524. The van der Waals surface area contributed by atoms with Crippen molar-refractivity contribution >= 4 is 17.8 Å². The number of carbonyl (C=O) groups excluding carboxylic acids is 3. The van der Waals surface area contributed by atoms with E-state index in [2.05, 4.69) is 10.6 Å². The SMILES string of the molecule is CN1C(=O)N(CC(=O)NCCC2CCCNC2)C(=O)C12CCCCC2. The van der Waals surface area contributed by atoms with Gasteiger partial charge in [-0.15, -0.1) is 0 Å². The number of rotatable bonds is 5. The maximum absolute atomic E-state index is 12.8. The van der Waals surface area contributed by atoms with Crippen LogP contribution in [-0.2, 0) is 9.59 Å². The molecule has 3 aliphatic rings. The normalized spacial score (nSPS) is 26.4. The molecular weight excluding hydrogens is 320 g/mol. The lowest BCUT2D eigenvalue weighted by atomic mass is 9.81. The van der Waals surface area contributed by atoms with E-state index in [1.807, 2.05) is 0 Å². The summed E-state index contributed by atoms with van der Waals surface area (Å²) in [6, 6.07) is -0.335. The van der Waals surface area contributed by atoms with Crippen LogP contribution in [0.25, 0.3) is 0 Å². The fourth-order valence-corrected chi connectivity index (χ4v) is 4.46. The Balaban J connectivity index is 1.50. The van der Waals surface area contributed by atoms with Crippen molar-refractivity contribution < 1.29 is 14.4 Å². The van der Waals surface area contributed by atoms with E-state index in [1.54, 1.807) is 11.9 Å². The summed E-state index contributed by atoms with van der Waals surface area (Å²) in [5, 5.41) is 6.24. The number of piperidine rings is 1. The van der Waals surface area contributed by atoms with Gasteiger partial charge in [-0.2, -0.15) is 0 Å². The summed E-state index contributed by atoms with van der Waals surface area (Å²) in [4.78, 5) is 40.2. The number of imide groups is 1. The predicted molar refractivity (Wildman–Crippen MR) is 93.9 cm³/mol. The van der Waals surface area contributed by atoms with Gasteiger partial charge in [-0.25, -0.2) is 4.79 Å². The number of likely N-dealkylation sites (N-methyl/N-ethyl adjacent to an activating group) is 1. The van der Waals surface area contributed by atoms with Gasteiger partial charge >= 0.3 is 6.03 Å². The summed E-state index contributed by atoms with van der Waals surface area (Å²) < 4.78 is 0. The molecule has 25 heavy (non-hydrogen) atoms. The van der Waals surface area contributed by atoms with Crippen molar-refractivity contribution in [3.63, 3.8) is 0 Å². The molecule has 1 saturated carbocycles. The Morgan fingerprint density at radius 3 is 2.68 bits per heavy atom. The minimum absolute atomic E-state index is 0.160. The number of nitrogens with one attached hydrogen (secondary N) is 2. The monoisotopic (exact) mass is 350 g/mol. The first kappa shape index (κ1) is 18.2. The summed E-state index contributed by atoms with van der Waals surface area (Å²) in [5.74, 6) is 0.166. The number of hydrogen-bond acceptors (Lipinski definition) is 4. The third kappa shape index (κ3) is 3.66. The van der Waals surface area contributed by atoms with E-state index in [9.17, 15) is 14.4 Å². The van der Waals surface area contributed by atoms with Crippen LogP contribution in [-0.4, -0.2) is 66.4 Å². The summed E-state index contributed by atoms with van der Waals surface area (Å²) in [6.45, 7) is 2.53. The third-order valence-corrected chi connectivity index (χ3v) is 6.06. The van der Waals surface area contributed by atoms with E-state index in [-0.39, 0.29) is 24.4 Å². The van der Waals surface area contributed by atoms with E-state index >= 15 is 0 Å². The van der Waals surface area contributed by atoms with Crippen molar-refractivity contribution in [2.45, 2.75) is 56.9 Å². The Kier molecular flexibility index (Phi) is 5.61. The molecular formula is C18H30N4O3. The lowest BCUT2D eigenvalue weighted by molar-refractivity contribution is -0.137. The molecule has 140 valence electrons. The fourth-order valence-electron chi connectivity index (χ4n) is 4.46. The van der Waals surface area contributed by atoms with Crippen LogP contribution < -0.4 is 10.6 Å².